The average molecular weight is 178 g/mol. The minimum atomic E-state index is 0.523. The summed E-state index contributed by atoms with van der Waals surface area (Å²) >= 11 is 0. The van der Waals surface area contributed by atoms with Crippen molar-refractivity contribution in [1.82, 2.24) is 19.7 Å². The van der Waals surface area contributed by atoms with E-state index in [4.69, 9.17) is 4.42 Å². The van der Waals surface area contributed by atoms with Gasteiger partial charge in [-0.25, -0.2) is 4.98 Å². The Labute approximate surface area is 75.4 Å². The molecule has 0 atom stereocenters. The van der Waals surface area contributed by atoms with Gasteiger partial charge in [-0.05, 0) is 6.92 Å². The molecule has 0 saturated carbocycles. The van der Waals surface area contributed by atoms with Crippen LogP contribution in [0.2, 0.25) is 0 Å². The molecule has 5 nitrogen and oxygen atoms in total. The second-order valence-corrected chi connectivity index (χ2v) is 2.92. The molecular weight excluding hydrogens is 168 g/mol. The van der Waals surface area contributed by atoms with Gasteiger partial charge in [0.05, 0.1) is 12.0 Å². The molecule has 0 bridgehead atoms. The van der Waals surface area contributed by atoms with Crippen molar-refractivity contribution in [3.8, 4) is 11.6 Å². The zero-order valence-electron chi connectivity index (χ0n) is 7.77. The Bertz CT molecular complexity index is 410. The molecule has 2 rings (SSSR count). The van der Waals surface area contributed by atoms with Gasteiger partial charge in [-0.1, -0.05) is 0 Å². The van der Waals surface area contributed by atoms with Gasteiger partial charge in [-0.3, -0.25) is 0 Å². The molecule has 0 aliphatic rings. The number of hydrogen-bond acceptors (Lipinski definition) is 4. The maximum Gasteiger partial charge on any atom is 0.266 e. The predicted molar refractivity (Wildman–Crippen MR) is 46.0 cm³/mol. The van der Waals surface area contributed by atoms with Crippen molar-refractivity contribution in [2.24, 2.45) is 7.05 Å². The lowest BCUT2D eigenvalue weighted by Crippen LogP contribution is -1.91. The zero-order valence-corrected chi connectivity index (χ0v) is 7.77. The van der Waals surface area contributed by atoms with E-state index >= 15 is 0 Å². The highest BCUT2D eigenvalue weighted by Gasteiger charge is 2.13. The van der Waals surface area contributed by atoms with Gasteiger partial charge in [0.1, 0.15) is 5.69 Å². The number of imidazole rings is 1. The number of aryl methyl sites for hydroxylation is 3. The first-order valence-corrected chi connectivity index (χ1v) is 3.97. The van der Waals surface area contributed by atoms with Crippen molar-refractivity contribution >= 4 is 0 Å². The Morgan fingerprint density at radius 3 is 2.54 bits per heavy atom. The van der Waals surface area contributed by atoms with E-state index < -0.39 is 0 Å². The quantitative estimate of drug-likeness (QED) is 0.655. The lowest BCUT2D eigenvalue weighted by molar-refractivity contribution is 0.528. The Morgan fingerprint density at radius 2 is 2.08 bits per heavy atom. The predicted octanol–water partition coefficient (Wildman–Crippen LogP) is 1.09. The lowest BCUT2D eigenvalue weighted by Gasteiger charge is -1.95. The maximum absolute atomic E-state index is 5.31. The molecule has 0 spiro atoms. The molecule has 0 radical (unpaired) electrons. The molecule has 0 aliphatic carbocycles. The van der Waals surface area contributed by atoms with Crippen LogP contribution in [-0.4, -0.2) is 19.7 Å². The van der Waals surface area contributed by atoms with Gasteiger partial charge in [0.25, 0.3) is 5.89 Å². The molecule has 2 heterocycles. The largest absolute Gasteiger partial charge is 0.420 e. The third kappa shape index (κ3) is 1.22. The van der Waals surface area contributed by atoms with Crippen LogP contribution in [0.1, 0.15) is 11.6 Å². The van der Waals surface area contributed by atoms with E-state index in [0.717, 1.165) is 11.4 Å². The lowest BCUT2D eigenvalue weighted by atomic mass is 10.3. The summed E-state index contributed by atoms with van der Waals surface area (Å²) in [6, 6.07) is 0. The van der Waals surface area contributed by atoms with E-state index in [9.17, 15) is 0 Å². The zero-order chi connectivity index (χ0) is 9.42. The summed E-state index contributed by atoms with van der Waals surface area (Å²) in [5.41, 5.74) is 1.77. The molecule has 0 fully saturated rings. The van der Waals surface area contributed by atoms with Crippen LogP contribution in [0.25, 0.3) is 11.6 Å². The highest BCUT2D eigenvalue weighted by Crippen LogP contribution is 2.19. The average Bonchev–Trinajstić information content (AvgIpc) is 2.60. The highest BCUT2D eigenvalue weighted by atomic mass is 16.4. The topological polar surface area (TPSA) is 56.7 Å². The minimum Gasteiger partial charge on any atom is -0.420 e. The van der Waals surface area contributed by atoms with Gasteiger partial charge in [0.2, 0.25) is 5.89 Å². The fourth-order valence-electron chi connectivity index (χ4n) is 1.25. The van der Waals surface area contributed by atoms with Crippen molar-refractivity contribution in [2.45, 2.75) is 13.8 Å². The second-order valence-electron chi connectivity index (χ2n) is 2.92. The van der Waals surface area contributed by atoms with E-state index in [1.807, 2.05) is 18.5 Å². The van der Waals surface area contributed by atoms with E-state index in [-0.39, 0.29) is 0 Å². The fraction of sp³-hybridized carbons (Fsp3) is 0.375. The molecule has 2 aromatic rings. The molecule has 0 aromatic carbocycles. The van der Waals surface area contributed by atoms with Gasteiger partial charge < -0.3 is 8.98 Å². The van der Waals surface area contributed by atoms with Crippen LogP contribution < -0.4 is 0 Å². The van der Waals surface area contributed by atoms with E-state index in [1.54, 1.807) is 13.3 Å². The third-order valence-corrected chi connectivity index (χ3v) is 1.85. The van der Waals surface area contributed by atoms with Gasteiger partial charge >= 0.3 is 0 Å². The fourth-order valence-corrected chi connectivity index (χ4v) is 1.25. The molecule has 0 amide bonds. The number of nitrogens with zero attached hydrogens (tertiary/aromatic N) is 4. The summed E-state index contributed by atoms with van der Waals surface area (Å²) in [5.74, 6) is 1.09. The van der Waals surface area contributed by atoms with Crippen molar-refractivity contribution in [3.63, 3.8) is 0 Å². The van der Waals surface area contributed by atoms with Gasteiger partial charge in [0, 0.05) is 14.0 Å². The number of hydrogen-bond donors (Lipinski definition) is 0. The first-order valence-electron chi connectivity index (χ1n) is 3.97. The van der Waals surface area contributed by atoms with Crippen molar-refractivity contribution in [2.75, 3.05) is 0 Å². The molecule has 13 heavy (non-hydrogen) atoms. The minimum absolute atomic E-state index is 0.523. The van der Waals surface area contributed by atoms with E-state index in [0.29, 0.717) is 11.8 Å². The van der Waals surface area contributed by atoms with Crippen LogP contribution in [0, 0.1) is 13.8 Å². The third-order valence-electron chi connectivity index (χ3n) is 1.85. The second kappa shape index (κ2) is 2.69. The van der Waals surface area contributed by atoms with Gasteiger partial charge in [0.15, 0.2) is 0 Å². The molecule has 0 unspecified atom stereocenters. The Balaban J connectivity index is 2.57. The van der Waals surface area contributed by atoms with Crippen molar-refractivity contribution in [3.05, 3.63) is 17.9 Å². The summed E-state index contributed by atoms with van der Waals surface area (Å²) < 4.78 is 7.17. The summed E-state index contributed by atoms with van der Waals surface area (Å²) in [6.07, 6.45) is 1.73. The molecule has 68 valence electrons. The monoisotopic (exact) mass is 178 g/mol. The van der Waals surface area contributed by atoms with Crippen LogP contribution in [0.15, 0.2) is 10.7 Å². The van der Waals surface area contributed by atoms with Crippen LogP contribution in [-0.2, 0) is 7.05 Å². The van der Waals surface area contributed by atoms with Crippen molar-refractivity contribution < 1.29 is 4.42 Å². The first kappa shape index (κ1) is 7.97. The van der Waals surface area contributed by atoms with Gasteiger partial charge in [-0.2, -0.15) is 0 Å². The molecule has 0 N–H and O–H groups in total. The summed E-state index contributed by atoms with van der Waals surface area (Å²) in [6.45, 7) is 3.68. The Morgan fingerprint density at radius 1 is 1.31 bits per heavy atom. The molecular formula is C8H10N4O. The molecule has 2 aromatic heterocycles. The normalized spacial score (nSPS) is 10.7. The molecule has 0 aliphatic heterocycles. The first-order chi connectivity index (χ1) is 6.18. The van der Waals surface area contributed by atoms with Crippen molar-refractivity contribution in [1.29, 1.82) is 0 Å². The van der Waals surface area contributed by atoms with Crippen LogP contribution in [0.4, 0.5) is 0 Å². The maximum atomic E-state index is 5.31. The summed E-state index contributed by atoms with van der Waals surface area (Å²) in [7, 11) is 1.90. The smallest absolute Gasteiger partial charge is 0.266 e. The number of aromatic nitrogens is 4. The Hall–Kier alpha value is -1.65. The van der Waals surface area contributed by atoms with Crippen LogP contribution in [0.3, 0.4) is 0 Å². The SMILES string of the molecule is Cc1nnc(-c2c(C)ncn2C)o1. The van der Waals surface area contributed by atoms with E-state index in [2.05, 4.69) is 15.2 Å². The van der Waals surface area contributed by atoms with Crippen LogP contribution in [0.5, 0.6) is 0 Å². The molecule has 5 heteroatoms. The van der Waals surface area contributed by atoms with Crippen LogP contribution >= 0.6 is 0 Å². The van der Waals surface area contributed by atoms with Gasteiger partial charge in [-0.15, -0.1) is 10.2 Å². The Kier molecular flexibility index (Phi) is 1.65. The van der Waals surface area contributed by atoms with E-state index in [1.165, 1.54) is 0 Å². The summed E-state index contributed by atoms with van der Waals surface area (Å²) in [4.78, 5) is 4.14. The summed E-state index contributed by atoms with van der Waals surface area (Å²) in [5, 5.41) is 7.70. The highest BCUT2D eigenvalue weighted by molar-refractivity contribution is 5.50. The molecule has 0 saturated heterocycles. The number of rotatable bonds is 1. The standard InChI is InChI=1S/C8H10N4O/c1-5-7(12(3)4-9-5)8-11-10-6(2)13-8/h4H,1-3H3.